The van der Waals surface area contributed by atoms with Crippen molar-refractivity contribution in [2.24, 2.45) is 19.1 Å². The van der Waals surface area contributed by atoms with Gasteiger partial charge in [-0.25, -0.2) is 98.2 Å². The second kappa shape index (κ2) is 44.5. The van der Waals surface area contributed by atoms with Crippen LogP contribution < -0.4 is 11.5 Å². The predicted molar refractivity (Wildman–Crippen MR) is 498 cm³/mol. The molecule has 0 amide bonds. The number of esters is 3. The Morgan fingerprint density at radius 2 is 0.801 bits per heavy atom. The van der Waals surface area contributed by atoms with Crippen molar-refractivity contribution in [3.05, 3.63) is 373 Å². The molecule has 0 aliphatic rings. The number of imidazole rings is 6. The van der Waals surface area contributed by atoms with Gasteiger partial charge in [-0.05, 0) is 178 Å². The number of halogens is 14. The number of alkyl halides is 3. The van der Waals surface area contributed by atoms with Crippen LogP contribution in [0.5, 0.6) is 0 Å². The number of hydrogen-bond acceptors (Lipinski definition) is 20. The summed E-state index contributed by atoms with van der Waals surface area (Å²) in [6.07, 6.45) is 17.9. The Bertz CT molecular complexity index is 7740. The van der Waals surface area contributed by atoms with Crippen LogP contribution in [0, 0.1) is 58.2 Å². The summed E-state index contributed by atoms with van der Waals surface area (Å²) in [4.78, 5) is 89.8. The van der Waals surface area contributed by atoms with Crippen LogP contribution in [-0.4, -0.2) is 149 Å². The molecule has 6 aromatic carbocycles. The number of nitrogens with zero attached hydrogens (tertiary/aromatic N) is 16. The van der Waals surface area contributed by atoms with E-state index in [4.69, 9.17) is 26.4 Å². The van der Waals surface area contributed by atoms with E-state index in [1.165, 1.54) is 86.0 Å². The van der Waals surface area contributed by atoms with Crippen molar-refractivity contribution in [1.82, 2.24) is 71.2 Å². The predicted octanol–water partition coefficient (Wildman–Crippen LogP) is 19.9. The zero-order chi connectivity index (χ0) is 101. The molecule has 0 unspecified atom stereocenters. The minimum atomic E-state index is -4.65. The SMILES string of the molecule is CC(C)(C)OC(=O)Cc1ccn2cc(-c3cc(F)ccc3F)nc2c1.COC(=O)c1ccn2cc(-c3cc(F)ccc3F)nc2c1.COC(=O)c1ccnc(N=C(c2ccccc2)C(F)(F)F)c1.Cl.Cn1cnc(-c2cnn(C)c2C(=O)CO)c1.Nc1ccn2cc(-c3cc(F)ccc3F)nc2c1.Nc1ccn2cc(-c3cc(F)ccc3F)nc2c1.O=C(O)c1ccn2cc(-c3cc(F)ccc3F)nc2c1. The first kappa shape index (κ1) is 102. The Balaban J connectivity index is 0.000000147. The van der Waals surface area contributed by atoms with Crippen molar-refractivity contribution < 1.29 is 105 Å². The lowest BCUT2D eigenvalue weighted by Gasteiger charge is -2.19. The number of aromatic carboxylic acids is 1. The van der Waals surface area contributed by atoms with E-state index >= 15 is 0 Å². The molecule has 0 bridgehead atoms. The molecule has 722 valence electrons. The van der Waals surface area contributed by atoms with Crippen LogP contribution in [0.2, 0.25) is 0 Å². The Morgan fingerprint density at radius 3 is 1.18 bits per heavy atom. The Morgan fingerprint density at radius 1 is 0.426 bits per heavy atom. The fourth-order valence-corrected chi connectivity index (χ4v) is 13.4. The number of pyridine rings is 6. The number of carboxylic acid groups (broad SMARTS) is 1. The van der Waals surface area contributed by atoms with Crippen LogP contribution in [0.4, 0.5) is 74.3 Å². The number of rotatable bonds is 15. The van der Waals surface area contributed by atoms with Gasteiger partial charge in [0.1, 0.15) is 104 Å². The standard InChI is InChI=1S/C19H18F2N2O2.C15H11F3N2O2.C15H10F2N2O2.C14H8F2N2O2.2C13H9F2N3.C10H12N4O2.ClH/c1-19(2,3)25-18(24)9-12-6-7-23-11-16(22-17(23)8-12)14-10-13(20)4-5-15(14)21;1-22-14(21)11-7-8-19-12(9-11)20-13(15(16,17)18)10-5-3-2-4-6-10;1-21-15(20)9-4-5-19-8-13(18-14(19)6-9)11-7-10(16)2-3-12(11)17;15-9-1-2-11(16)10(6-9)12-7-18-4-3-8(14(19)20)5-13(18)17-12;2*14-8-1-2-11(15)10(5-8)12-7-18-4-3-9(16)6-13(18)17-12;1-13-4-8(11-6-13)7-3-12-14(2)10(7)9(16)5-15;/h4-8,10-11H,9H2,1-3H3;2-9H,1H3;2-8H,1H3;1-7H,(H,19,20);2*1-7H,16H2;3-4,6,15H,5H2,1-2H3;1H. The number of aliphatic imine (C=N–C) groups is 1. The number of methoxy groups -OCH3 is 2. The minimum Gasteiger partial charge on any atom is -0.478 e. The van der Waals surface area contributed by atoms with Gasteiger partial charge in [-0.2, -0.15) is 18.3 Å². The molecule has 28 nitrogen and oxygen atoms in total. The topological polar surface area (TPSA) is 353 Å². The number of nitrogens with two attached hydrogens (primary N) is 2. The van der Waals surface area contributed by atoms with Gasteiger partial charge in [0.15, 0.2) is 11.5 Å². The molecule has 0 saturated heterocycles. The molecular weight excluding hydrogens is 1880 g/mol. The lowest BCUT2D eigenvalue weighted by Crippen LogP contribution is -2.24. The molecule has 13 aromatic heterocycles. The van der Waals surface area contributed by atoms with E-state index in [1.807, 2.05) is 27.8 Å². The maximum Gasteiger partial charge on any atom is 0.434 e. The molecule has 13 heterocycles. The molecule has 0 aliphatic carbocycles. The number of carbonyl (C=O) groups excluding carboxylic acids is 4. The number of aryl methyl sites for hydroxylation is 2. The third kappa shape index (κ3) is 26.0. The van der Waals surface area contributed by atoms with E-state index in [0.29, 0.717) is 79.2 Å². The normalized spacial score (nSPS) is 11.1. The Kier molecular flexibility index (Phi) is 32.4. The summed E-state index contributed by atoms with van der Waals surface area (Å²) in [5.41, 5.74) is 18.2. The number of carboxylic acids is 1. The van der Waals surface area contributed by atoms with Gasteiger partial charge in [0.05, 0.1) is 89.6 Å². The summed E-state index contributed by atoms with van der Waals surface area (Å²) in [6, 6.07) is 41.8. The zero-order valence-corrected chi connectivity index (χ0v) is 75.6. The molecule has 42 heteroatoms. The molecule has 141 heavy (non-hydrogen) atoms. The van der Waals surface area contributed by atoms with E-state index in [2.05, 4.69) is 54.5 Å². The molecule has 19 aromatic rings. The smallest absolute Gasteiger partial charge is 0.434 e. The quantitative estimate of drug-likeness (QED) is 0.0243. The molecule has 0 atom stereocenters. The second-order valence-electron chi connectivity index (χ2n) is 31.2. The maximum atomic E-state index is 13.9. The van der Waals surface area contributed by atoms with Gasteiger partial charge >= 0.3 is 30.1 Å². The van der Waals surface area contributed by atoms with Crippen molar-refractivity contribution in [3.8, 4) is 67.5 Å². The van der Waals surface area contributed by atoms with Gasteiger partial charge in [-0.15, -0.1) is 12.4 Å². The van der Waals surface area contributed by atoms with Crippen LogP contribution in [0.1, 0.15) is 73.5 Å². The van der Waals surface area contributed by atoms with Crippen molar-refractivity contribution in [2.45, 2.75) is 39.0 Å². The fourth-order valence-electron chi connectivity index (χ4n) is 13.4. The molecule has 0 spiro atoms. The molecule has 0 saturated carbocycles. The molecule has 6 N–H and O–H groups in total. The first-order valence-electron chi connectivity index (χ1n) is 41.3. The number of aromatic nitrogens is 15. The summed E-state index contributed by atoms with van der Waals surface area (Å²) in [7, 11) is 5.97. The van der Waals surface area contributed by atoms with E-state index in [-0.39, 0.29) is 92.3 Å². The summed E-state index contributed by atoms with van der Waals surface area (Å²) >= 11 is 0. The number of anilines is 2. The van der Waals surface area contributed by atoms with Crippen molar-refractivity contribution in [2.75, 3.05) is 32.3 Å². The van der Waals surface area contributed by atoms with Gasteiger partial charge in [-0.3, -0.25) is 14.3 Å². The molecule has 19 rings (SSSR count). The highest BCUT2D eigenvalue weighted by molar-refractivity contribution is 6.06. The number of benzene rings is 6. The first-order chi connectivity index (χ1) is 66.6. The van der Waals surface area contributed by atoms with Crippen LogP contribution in [0.15, 0.2) is 286 Å². The van der Waals surface area contributed by atoms with Crippen molar-refractivity contribution >= 4 is 93.2 Å². The fraction of sp³-hybridized carbons (Fsp3) is 0.111. The van der Waals surface area contributed by atoms with E-state index < -0.39 is 100 Å². The Hall–Kier alpha value is -17.5. The number of hydrogen-bond donors (Lipinski definition) is 4. The van der Waals surface area contributed by atoms with E-state index in [9.17, 15) is 81.0 Å². The highest BCUT2D eigenvalue weighted by atomic mass is 35.5. The number of Topliss-reactive ketones (excluding diaryl/α,β-unsaturated/α-hetero) is 1. The number of ketones is 1. The third-order valence-corrected chi connectivity index (χ3v) is 19.9. The minimum absolute atomic E-state index is 0. The number of nitrogen functional groups attached to an aromatic ring is 2. The number of ether oxygens (including phenoxy) is 3. The summed E-state index contributed by atoms with van der Waals surface area (Å²) in [5, 5.41) is 21.8. The van der Waals surface area contributed by atoms with Crippen LogP contribution >= 0.6 is 12.4 Å². The molecular formula is C99H78ClF13N18O10. The maximum absolute atomic E-state index is 13.9. The highest BCUT2D eigenvalue weighted by Crippen LogP contribution is 2.33. The lowest BCUT2D eigenvalue weighted by atomic mass is 10.1. The second-order valence-corrected chi connectivity index (χ2v) is 31.2. The summed E-state index contributed by atoms with van der Waals surface area (Å²) in [5.74, 6) is -8.49. The average Bonchev–Trinajstić information content (AvgIpc) is 1.63. The average molecular weight is 1960 g/mol. The van der Waals surface area contributed by atoms with Gasteiger partial charge in [0.2, 0.25) is 5.78 Å². The molecule has 0 radical (unpaired) electrons. The van der Waals surface area contributed by atoms with Crippen LogP contribution in [0.25, 0.3) is 95.8 Å². The Labute approximate surface area is 796 Å². The van der Waals surface area contributed by atoms with Crippen molar-refractivity contribution in [1.29, 1.82) is 0 Å². The summed E-state index contributed by atoms with van der Waals surface area (Å²) < 4.78 is 200. The van der Waals surface area contributed by atoms with Crippen LogP contribution in [-0.2, 0) is 39.5 Å². The zero-order valence-electron chi connectivity index (χ0n) is 74.8. The monoisotopic (exact) mass is 1960 g/mol. The number of fused-ring (bicyclic) bond motifs is 5. The van der Waals surface area contributed by atoms with Crippen LogP contribution in [0.3, 0.4) is 0 Å². The largest absolute Gasteiger partial charge is 0.478 e. The number of aliphatic hydroxyl groups is 1. The van der Waals surface area contributed by atoms with E-state index in [1.54, 1.807) is 150 Å². The van der Waals surface area contributed by atoms with Crippen molar-refractivity contribution in [3.63, 3.8) is 0 Å². The van der Waals surface area contributed by atoms with E-state index in [0.717, 1.165) is 103 Å². The van der Waals surface area contributed by atoms with Gasteiger partial charge < -0.3 is 62.5 Å². The third-order valence-electron chi connectivity index (χ3n) is 19.9. The number of aliphatic hydroxyl groups excluding tert-OH is 1. The number of carbonyl (C=O) groups is 5. The highest BCUT2D eigenvalue weighted by Gasteiger charge is 2.37. The lowest BCUT2D eigenvalue weighted by molar-refractivity contribution is -0.153. The van der Waals surface area contributed by atoms with Gasteiger partial charge in [-0.1, -0.05) is 30.3 Å². The van der Waals surface area contributed by atoms with Gasteiger partial charge in [0, 0.05) is 145 Å². The molecule has 0 aliphatic heterocycles. The molecule has 0 fully saturated rings. The first-order valence-corrected chi connectivity index (χ1v) is 41.3. The summed E-state index contributed by atoms with van der Waals surface area (Å²) in [6.45, 7) is 4.90. The van der Waals surface area contributed by atoms with Gasteiger partial charge in [0.25, 0.3) is 0 Å².